The number of hydrogen-bond donors (Lipinski definition) is 2. The summed E-state index contributed by atoms with van der Waals surface area (Å²) in [6.07, 6.45) is 3.31. The van der Waals surface area contributed by atoms with Crippen molar-refractivity contribution in [3.8, 4) is 28.0 Å². The fraction of sp³-hybridized carbons (Fsp3) is 0.353. The highest BCUT2D eigenvalue weighted by Crippen LogP contribution is 2.64. The van der Waals surface area contributed by atoms with Gasteiger partial charge in [-0.2, -0.15) is 0 Å². The van der Waals surface area contributed by atoms with E-state index in [1.54, 1.807) is 0 Å². The van der Waals surface area contributed by atoms with E-state index in [9.17, 15) is 10.2 Å². The lowest BCUT2D eigenvalue weighted by Crippen LogP contribution is -2.43. The molecule has 184 valence electrons. The molecule has 6 rings (SSSR count). The van der Waals surface area contributed by atoms with Crippen molar-refractivity contribution in [2.24, 2.45) is 10.8 Å². The number of benzene rings is 4. The Bertz CT molecular complexity index is 1490. The molecule has 0 bridgehead atoms. The first kappa shape index (κ1) is 23.3. The molecule has 0 radical (unpaired) electrons. The van der Waals surface area contributed by atoms with Crippen molar-refractivity contribution in [3.63, 3.8) is 0 Å². The van der Waals surface area contributed by atoms with Crippen LogP contribution in [0, 0.1) is 17.8 Å². The zero-order chi connectivity index (χ0) is 25.5. The van der Waals surface area contributed by atoms with Gasteiger partial charge in [-0.15, -0.1) is 0 Å². The highest BCUT2D eigenvalue weighted by atomic mass is 16.3. The Hall–Kier alpha value is -3.10. The van der Waals surface area contributed by atoms with Crippen molar-refractivity contribution >= 4 is 10.8 Å². The van der Waals surface area contributed by atoms with Gasteiger partial charge in [0.1, 0.15) is 5.75 Å². The number of phenols is 1. The number of hydrogen-bond acceptors (Lipinski definition) is 2. The molecule has 4 aromatic rings. The second kappa shape index (κ2) is 7.70. The molecule has 1 fully saturated rings. The van der Waals surface area contributed by atoms with E-state index in [-0.39, 0.29) is 22.9 Å². The molecule has 2 N–H and O–H groups in total. The quantitative estimate of drug-likeness (QED) is 0.304. The molecule has 2 aliphatic rings. The van der Waals surface area contributed by atoms with E-state index >= 15 is 0 Å². The Balaban J connectivity index is 1.68. The number of aromatic hydroxyl groups is 1. The Morgan fingerprint density at radius 1 is 0.722 bits per heavy atom. The molecule has 1 saturated carbocycles. The van der Waals surface area contributed by atoms with Gasteiger partial charge in [0.05, 0.1) is 6.61 Å². The minimum Gasteiger partial charge on any atom is -0.507 e. The first-order valence-electron chi connectivity index (χ1n) is 13.1. The van der Waals surface area contributed by atoms with E-state index < -0.39 is 0 Å². The van der Waals surface area contributed by atoms with Gasteiger partial charge in [-0.05, 0) is 99.5 Å². The van der Waals surface area contributed by atoms with Crippen LogP contribution >= 0.6 is 0 Å². The maximum atomic E-state index is 11.5. The van der Waals surface area contributed by atoms with E-state index in [2.05, 4.69) is 101 Å². The third kappa shape index (κ3) is 3.42. The number of aliphatic hydroxyl groups is 1. The first-order valence-corrected chi connectivity index (χ1v) is 13.1. The predicted octanol–water partition coefficient (Wildman–Crippen LogP) is 8.52. The molecule has 0 unspecified atom stereocenters. The summed E-state index contributed by atoms with van der Waals surface area (Å²) in [4.78, 5) is 0. The Kier molecular flexibility index (Phi) is 4.98. The van der Waals surface area contributed by atoms with Crippen molar-refractivity contribution in [3.05, 3.63) is 89.0 Å². The van der Waals surface area contributed by atoms with Crippen LogP contribution < -0.4 is 0 Å². The van der Waals surface area contributed by atoms with Crippen LogP contribution in [0.2, 0.25) is 0 Å². The summed E-state index contributed by atoms with van der Waals surface area (Å²) in [5.41, 5.74) is 9.52. The van der Waals surface area contributed by atoms with Crippen molar-refractivity contribution in [2.75, 3.05) is 0 Å². The zero-order valence-corrected chi connectivity index (χ0v) is 22.1. The summed E-state index contributed by atoms with van der Waals surface area (Å²) in [7, 11) is 0. The highest BCUT2D eigenvalue weighted by Gasteiger charge is 2.53. The smallest absolute Gasteiger partial charge is 0.123 e. The fourth-order valence-corrected chi connectivity index (χ4v) is 8.06. The number of aliphatic hydroxyl groups excluding tert-OH is 1. The topological polar surface area (TPSA) is 40.5 Å². The van der Waals surface area contributed by atoms with Gasteiger partial charge in [0.25, 0.3) is 0 Å². The molecule has 2 nitrogen and oxygen atoms in total. The van der Waals surface area contributed by atoms with Gasteiger partial charge in [0, 0.05) is 10.8 Å². The Morgan fingerprint density at radius 3 is 2.06 bits per heavy atom. The largest absolute Gasteiger partial charge is 0.507 e. The van der Waals surface area contributed by atoms with Crippen LogP contribution in [0.5, 0.6) is 5.75 Å². The molecule has 1 spiro atoms. The molecule has 36 heavy (non-hydrogen) atoms. The monoisotopic (exact) mass is 476 g/mol. The van der Waals surface area contributed by atoms with Crippen LogP contribution in [0.4, 0.5) is 0 Å². The van der Waals surface area contributed by atoms with Crippen LogP contribution in [0.3, 0.4) is 0 Å². The minimum absolute atomic E-state index is 0.0452. The van der Waals surface area contributed by atoms with E-state index in [0.29, 0.717) is 5.75 Å². The molecule has 0 aliphatic heterocycles. The average Bonchev–Trinajstić information content (AvgIpc) is 3.05. The van der Waals surface area contributed by atoms with Gasteiger partial charge in [0.15, 0.2) is 0 Å². The summed E-state index contributed by atoms with van der Waals surface area (Å²) >= 11 is 0. The van der Waals surface area contributed by atoms with Gasteiger partial charge in [-0.25, -0.2) is 0 Å². The number of phenolic OH excluding ortho intramolecular Hbond substituents is 1. The molecule has 0 aromatic heterocycles. The maximum Gasteiger partial charge on any atom is 0.123 e. The summed E-state index contributed by atoms with van der Waals surface area (Å²) in [6, 6.07) is 23.5. The van der Waals surface area contributed by atoms with Gasteiger partial charge in [-0.1, -0.05) is 81.8 Å². The van der Waals surface area contributed by atoms with Crippen molar-refractivity contribution in [1.29, 1.82) is 0 Å². The zero-order valence-electron chi connectivity index (χ0n) is 22.1. The third-order valence-corrected chi connectivity index (χ3v) is 8.62. The molecule has 0 atom stereocenters. The normalized spacial score (nSPS) is 18.8. The summed E-state index contributed by atoms with van der Waals surface area (Å²) in [5, 5.41) is 23.8. The van der Waals surface area contributed by atoms with Crippen LogP contribution in [0.1, 0.15) is 69.2 Å². The molecule has 0 saturated heterocycles. The van der Waals surface area contributed by atoms with E-state index in [1.165, 1.54) is 34.2 Å². The van der Waals surface area contributed by atoms with Crippen LogP contribution in [0.25, 0.3) is 33.0 Å². The van der Waals surface area contributed by atoms with E-state index in [1.807, 2.05) is 0 Å². The number of aryl methyl sites for hydroxylation is 1. The molecule has 0 heterocycles. The van der Waals surface area contributed by atoms with Crippen molar-refractivity contribution in [2.45, 2.75) is 65.9 Å². The van der Waals surface area contributed by atoms with Crippen LogP contribution in [0.15, 0.2) is 66.7 Å². The Morgan fingerprint density at radius 2 is 1.39 bits per heavy atom. The molecular weight excluding hydrogens is 440 g/mol. The fourth-order valence-electron chi connectivity index (χ4n) is 8.06. The maximum absolute atomic E-state index is 11.5. The lowest BCUT2D eigenvalue weighted by molar-refractivity contribution is 0.0645. The second-order valence-electron chi connectivity index (χ2n) is 12.9. The average molecular weight is 477 g/mol. The highest BCUT2D eigenvalue weighted by molar-refractivity contribution is 6.07. The summed E-state index contributed by atoms with van der Waals surface area (Å²) < 4.78 is 0. The van der Waals surface area contributed by atoms with Gasteiger partial charge in [0.2, 0.25) is 0 Å². The molecular formula is C34H36O2. The molecule has 2 aliphatic carbocycles. The SMILES string of the molecule is Cc1ccc(-c2cc3c(O)cc4c(c3cc2CO)-c2ccccc2C42CC(C)(C)CC(C)(C)C2)cc1. The molecule has 4 aromatic carbocycles. The van der Waals surface area contributed by atoms with Gasteiger partial charge < -0.3 is 10.2 Å². The predicted molar refractivity (Wildman–Crippen MR) is 149 cm³/mol. The lowest BCUT2D eigenvalue weighted by Gasteiger charge is -2.51. The standard InChI is InChI=1S/C34H36O2/c1-21-10-12-22(13-11-21)25-15-26-27(14-23(25)17-35)31-24-8-6-7-9-28(24)34(29(31)16-30(26)36)19-32(2,3)18-33(4,5)20-34/h6-16,35-36H,17-20H2,1-5H3. The number of fused-ring (bicyclic) bond motifs is 7. The Labute approximate surface area is 214 Å². The van der Waals surface area contributed by atoms with Crippen molar-refractivity contribution in [1.82, 2.24) is 0 Å². The first-order chi connectivity index (χ1) is 17.0. The van der Waals surface area contributed by atoms with Crippen LogP contribution in [-0.4, -0.2) is 10.2 Å². The van der Waals surface area contributed by atoms with E-state index in [0.717, 1.165) is 40.3 Å². The molecule has 2 heteroatoms. The minimum atomic E-state index is -0.127. The lowest BCUT2D eigenvalue weighted by atomic mass is 9.52. The summed E-state index contributed by atoms with van der Waals surface area (Å²) in [5.74, 6) is 0.329. The third-order valence-electron chi connectivity index (χ3n) is 8.62. The van der Waals surface area contributed by atoms with E-state index in [4.69, 9.17) is 0 Å². The van der Waals surface area contributed by atoms with Crippen molar-refractivity contribution < 1.29 is 10.2 Å². The number of rotatable bonds is 2. The van der Waals surface area contributed by atoms with Gasteiger partial charge in [-0.3, -0.25) is 0 Å². The second-order valence-corrected chi connectivity index (χ2v) is 12.9. The van der Waals surface area contributed by atoms with Gasteiger partial charge >= 0.3 is 0 Å². The molecule has 0 amide bonds. The summed E-state index contributed by atoms with van der Waals surface area (Å²) in [6.45, 7) is 11.6. The van der Waals surface area contributed by atoms with Crippen LogP contribution in [-0.2, 0) is 12.0 Å².